The summed E-state index contributed by atoms with van der Waals surface area (Å²) in [5.74, 6) is 5.04. The first-order valence-corrected chi connectivity index (χ1v) is 9.46. The third-order valence-electron chi connectivity index (χ3n) is 3.57. The third kappa shape index (κ3) is 8.65. The van der Waals surface area contributed by atoms with Crippen LogP contribution in [0.4, 0.5) is 19.7 Å². The van der Waals surface area contributed by atoms with Crippen molar-refractivity contribution in [2.75, 3.05) is 11.9 Å². The van der Waals surface area contributed by atoms with Crippen molar-refractivity contribution in [3.8, 4) is 11.8 Å². The Morgan fingerprint density at radius 2 is 1.80 bits per heavy atom. The topological polar surface area (TPSA) is 76.7 Å². The second-order valence-electron chi connectivity index (χ2n) is 7.36. The first-order valence-electron chi connectivity index (χ1n) is 9.46. The van der Waals surface area contributed by atoms with E-state index in [4.69, 9.17) is 9.47 Å². The maximum absolute atomic E-state index is 14.1. The highest BCUT2D eigenvalue weighted by Crippen LogP contribution is 2.17. The van der Waals surface area contributed by atoms with Crippen LogP contribution < -0.4 is 10.6 Å². The Morgan fingerprint density at radius 3 is 2.47 bits per heavy atom. The van der Waals surface area contributed by atoms with E-state index in [9.17, 15) is 14.0 Å². The predicted octanol–water partition coefficient (Wildman–Crippen LogP) is 4.84. The molecule has 0 spiro atoms. The average Bonchev–Trinajstić information content (AvgIpc) is 2.67. The van der Waals surface area contributed by atoms with Crippen LogP contribution in [0.1, 0.15) is 38.3 Å². The van der Waals surface area contributed by atoms with Crippen LogP contribution in [0.2, 0.25) is 0 Å². The summed E-state index contributed by atoms with van der Waals surface area (Å²) < 4.78 is 24.3. The van der Waals surface area contributed by atoms with Crippen molar-refractivity contribution < 1.29 is 23.5 Å². The normalized spacial score (nSPS) is 10.4. The van der Waals surface area contributed by atoms with Crippen molar-refractivity contribution >= 4 is 17.9 Å². The fourth-order valence-electron chi connectivity index (χ4n) is 2.27. The van der Waals surface area contributed by atoms with Gasteiger partial charge in [0, 0.05) is 18.5 Å². The lowest BCUT2D eigenvalue weighted by Gasteiger charge is -2.19. The van der Waals surface area contributed by atoms with Crippen LogP contribution in [0.3, 0.4) is 0 Å². The van der Waals surface area contributed by atoms with Crippen molar-refractivity contribution in [1.82, 2.24) is 5.32 Å². The minimum absolute atomic E-state index is 0.0117. The van der Waals surface area contributed by atoms with Gasteiger partial charge in [-0.25, -0.2) is 14.0 Å². The SMILES string of the molecule is CC(C)(C)OC(=O)Nc1ccc(C#CCCNC(=O)OCc2ccccc2)cc1F. The molecule has 0 bridgehead atoms. The number of amides is 2. The van der Waals surface area contributed by atoms with Crippen LogP contribution in [0.5, 0.6) is 0 Å². The second kappa shape index (κ2) is 10.9. The molecule has 2 rings (SSSR count). The van der Waals surface area contributed by atoms with E-state index in [2.05, 4.69) is 22.5 Å². The average molecular weight is 412 g/mol. The number of hydrogen-bond acceptors (Lipinski definition) is 4. The molecule has 0 atom stereocenters. The maximum atomic E-state index is 14.1. The summed E-state index contributed by atoms with van der Waals surface area (Å²) in [6.07, 6.45) is -0.880. The summed E-state index contributed by atoms with van der Waals surface area (Å²) in [5.41, 5.74) is 0.694. The maximum Gasteiger partial charge on any atom is 0.412 e. The highest BCUT2D eigenvalue weighted by Gasteiger charge is 2.17. The van der Waals surface area contributed by atoms with Crippen LogP contribution in [0.25, 0.3) is 0 Å². The Bertz CT molecular complexity index is 928. The Kier molecular flexibility index (Phi) is 8.24. The quantitative estimate of drug-likeness (QED) is 0.544. The molecule has 0 aliphatic heterocycles. The van der Waals surface area contributed by atoms with Gasteiger partial charge < -0.3 is 14.8 Å². The van der Waals surface area contributed by atoms with Crippen LogP contribution in [0, 0.1) is 17.7 Å². The largest absolute Gasteiger partial charge is 0.445 e. The first-order chi connectivity index (χ1) is 14.2. The van der Waals surface area contributed by atoms with E-state index in [0.717, 1.165) is 5.56 Å². The minimum Gasteiger partial charge on any atom is -0.445 e. The van der Waals surface area contributed by atoms with Gasteiger partial charge in [0.2, 0.25) is 0 Å². The second-order valence-corrected chi connectivity index (χ2v) is 7.36. The zero-order valence-electron chi connectivity index (χ0n) is 17.3. The van der Waals surface area contributed by atoms with Crippen LogP contribution >= 0.6 is 0 Å². The van der Waals surface area contributed by atoms with E-state index in [0.29, 0.717) is 18.5 Å². The number of rotatable bonds is 5. The van der Waals surface area contributed by atoms with Crippen LogP contribution in [0.15, 0.2) is 48.5 Å². The van der Waals surface area contributed by atoms with Gasteiger partial charge in [-0.15, -0.1) is 0 Å². The van der Waals surface area contributed by atoms with Crippen molar-refractivity contribution in [3.63, 3.8) is 0 Å². The zero-order valence-corrected chi connectivity index (χ0v) is 17.3. The number of carbonyl (C=O) groups is 2. The molecule has 6 nitrogen and oxygen atoms in total. The molecule has 30 heavy (non-hydrogen) atoms. The summed E-state index contributed by atoms with van der Waals surface area (Å²) in [6, 6.07) is 13.6. The van der Waals surface area contributed by atoms with Gasteiger partial charge in [-0.05, 0) is 44.5 Å². The number of ether oxygens (including phenoxy) is 2. The van der Waals surface area contributed by atoms with Crippen molar-refractivity contribution in [2.45, 2.75) is 39.4 Å². The number of hydrogen-bond donors (Lipinski definition) is 2. The molecule has 0 radical (unpaired) electrons. The smallest absolute Gasteiger partial charge is 0.412 e. The standard InChI is InChI=1S/C23H25FN2O4/c1-23(2,3)30-22(28)26-20-13-12-17(15-19(20)24)9-7-8-14-25-21(27)29-16-18-10-5-4-6-11-18/h4-6,10-13,15H,8,14,16H2,1-3H3,(H,25,27)(H,26,28). The van der Waals surface area contributed by atoms with E-state index in [1.807, 2.05) is 30.3 Å². The lowest BCUT2D eigenvalue weighted by atomic mass is 10.2. The van der Waals surface area contributed by atoms with Gasteiger partial charge in [-0.2, -0.15) is 0 Å². The van der Waals surface area contributed by atoms with Crippen molar-refractivity contribution in [1.29, 1.82) is 0 Å². The Hall–Kier alpha value is -3.53. The lowest BCUT2D eigenvalue weighted by molar-refractivity contribution is 0.0635. The number of benzene rings is 2. The van der Waals surface area contributed by atoms with Gasteiger partial charge in [-0.3, -0.25) is 5.32 Å². The minimum atomic E-state index is -0.731. The number of halogens is 1. The molecule has 2 aromatic carbocycles. The molecular formula is C23H25FN2O4. The number of nitrogens with one attached hydrogen (secondary N) is 2. The Labute approximate surface area is 175 Å². The molecule has 2 aromatic rings. The number of carbonyl (C=O) groups excluding carboxylic acids is 2. The van der Waals surface area contributed by atoms with Gasteiger partial charge in [0.05, 0.1) is 5.69 Å². The molecule has 0 heterocycles. The summed E-state index contributed by atoms with van der Waals surface area (Å²) in [7, 11) is 0. The molecule has 0 saturated heterocycles. The molecular weight excluding hydrogens is 387 g/mol. The van der Waals surface area contributed by atoms with E-state index < -0.39 is 23.6 Å². The van der Waals surface area contributed by atoms with E-state index in [1.165, 1.54) is 12.1 Å². The fourth-order valence-corrected chi connectivity index (χ4v) is 2.27. The molecule has 0 unspecified atom stereocenters. The van der Waals surface area contributed by atoms with Gasteiger partial charge in [0.1, 0.15) is 18.0 Å². The fraction of sp³-hybridized carbons (Fsp3) is 0.304. The summed E-state index contributed by atoms with van der Waals surface area (Å²) in [6.45, 7) is 5.67. The third-order valence-corrected chi connectivity index (χ3v) is 3.57. The Balaban J connectivity index is 1.75. The van der Waals surface area contributed by atoms with Crippen LogP contribution in [-0.4, -0.2) is 24.3 Å². The first kappa shape index (κ1) is 22.8. The molecule has 0 saturated carbocycles. The van der Waals surface area contributed by atoms with Crippen molar-refractivity contribution in [3.05, 3.63) is 65.5 Å². The highest BCUT2D eigenvalue weighted by molar-refractivity contribution is 5.85. The van der Waals surface area contributed by atoms with E-state index in [1.54, 1.807) is 26.8 Å². The highest BCUT2D eigenvalue weighted by atomic mass is 19.1. The zero-order chi connectivity index (χ0) is 22.0. The monoisotopic (exact) mass is 412 g/mol. The lowest BCUT2D eigenvalue weighted by Crippen LogP contribution is -2.27. The number of anilines is 1. The molecule has 2 N–H and O–H groups in total. The molecule has 0 fully saturated rings. The molecule has 7 heteroatoms. The summed E-state index contributed by atoms with van der Waals surface area (Å²) in [4.78, 5) is 23.3. The summed E-state index contributed by atoms with van der Waals surface area (Å²) >= 11 is 0. The van der Waals surface area contributed by atoms with E-state index in [-0.39, 0.29) is 12.3 Å². The summed E-state index contributed by atoms with van der Waals surface area (Å²) in [5, 5.41) is 4.96. The number of alkyl carbamates (subject to hydrolysis) is 1. The van der Waals surface area contributed by atoms with E-state index >= 15 is 0 Å². The van der Waals surface area contributed by atoms with Gasteiger partial charge >= 0.3 is 12.2 Å². The van der Waals surface area contributed by atoms with Crippen LogP contribution in [-0.2, 0) is 16.1 Å². The molecule has 0 aliphatic carbocycles. The Morgan fingerprint density at radius 1 is 1.07 bits per heavy atom. The molecule has 158 valence electrons. The van der Waals surface area contributed by atoms with Gasteiger partial charge in [0.25, 0.3) is 0 Å². The predicted molar refractivity (Wildman–Crippen MR) is 112 cm³/mol. The van der Waals surface area contributed by atoms with Gasteiger partial charge in [0.15, 0.2) is 0 Å². The van der Waals surface area contributed by atoms with Gasteiger partial charge in [-0.1, -0.05) is 42.2 Å². The molecule has 2 amide bonds. The van der Waals surface area contributed by atoms with Crippen molar-refractivity contribution in [2.24, 2.45) is 0 Å². The molecule has 0 aliphatic rings. The molecule has 0 aromatic heterocycles.